The number of anilines is 1. The summed E-state index contributed by atoms with van der Waals surface area (Å²) < 4.78 is 5.60. The molecule has 4 heteroatoms. The van der Waals surface area contributed by atoms with E-state index >= 15 is 0 Å². The Morgan fingerprint density at radius 3 is 3.05 bits per heavy atom. The first-order valence-electron chi connectivity index (χ1n) is 6.78. The summed E-state index contributed by atoms with van der Waals surface area (Å²) in [6.45, 7) is 3.78. The number of thioether (sulfide) groups is 1. The second kappa shape index (κ2) is 10.6. The van der Waals surface area contributed by atoms with Crippen LogP contribution in [0.3, 0.4) is 0 Å². The van der Waals surface area contributed by atoms with Crippen LogP contribution in [0.1, 0.15) is 26.2 Å². The summed E-state index contributed by atoms with van der Waals surface area (Å²) in [5.74, 6) is 3.26. The van der Waals surface area contributed by atoms with Crippen molar-refractivity contribution in [2.24, 2.45) is 0 Å². The molecule has 0 saturated carbocycles. The van der Waals surface area contributed by atoms with E-state index in [1.165, 1.54) is 17.9 Å². The highest BCUT2D eigenvalue weighted by Gasteiger charge is 1.97. The monoisotopic (exact) mass is 278 g/mol. The van der Waals surface area contributed by atoms with Crippen molar-refractivity contribution in [3.63, 3.8) is 0 Å². The molecular formula is C15H22N2OS. The van der Waals surface area contributed by atoms with Crippen molar-refractivity contribution >= 4 is 17.4 Å². The van der Waals surface area contributed by atoms with Crippen LogP contribution in [-0.4, -0.2) is 24.7 Å². The van der Waals surface area contributed by atoms with Gasteiger partial charge in [0.2, 0.25) is 0 Å². The molecule has 0 radical (unpaired) electrons. The smallest absolute Gasteiger partial charge is 0.121 e. The molecule has 3 nitrogen and oxygen atoms in total. The van der Waals surface area contributed by atoms with Crippen molar-refractivity contribution in [2.45, 2.75) is 26.2 Å². The molecule has 0 spiro atoms. The fourth-order valence-electron chi connectivity index (χ4n) is 1.59. The third kappa shape index (κ3) is 7.63. The van der Waals surface area contributed by atoms with Gasteiger partial charge in [-0.05, 0) is 36.5 Å². The topological polar surface area (TPSA) is 45.0 Å². The van der Waals surface area contributed by atoms with E-state index in [2.05, 4.69) is 24.4 Å². The Kier molecular flexibility index (Phi) is 8.74. The molecule has 0 aromatic heterocycles. The number of hydrogen-bond donors (Lipinski definition) is 1. The van der Waals surface area contributed by atoms with Crippen LogP contribution in [0.5, 0.6) is 5.75 Å². The molecule has 1 aromatic rings. The molecular weight excluding hydrogens is 256 g/mol. The maximum atomic E-state index is 8.45. The lowest BCUT2D eigenvalue weighted by Crippen LogP contribution is -2.03. The zero-order valence-corrected chi connectivity index (χ0v) is 12.3. The minimum Gasteiger partial charge on any atom is -0.493 e. The van der Waals surface area contributed by atoms with Crippen molar-refractivity contribution in [3.8, 4) is 11.8 Å². The van der Waals surface area contributed by atoms with Crippen LogP contribution >= 0.6 is 11.8 Å². The molecule has 1 N–H and O–H groups in total. The summed E-state index contributed by atoms with van der Waals surface area (Å²) in [6.07, 6.45) is 2.50. The molecule has 1 rings (SSSR count). The molecule has 0 aliphatic heterocycles. The van der Waals surface area contributed by atoms with Crippen LogP contribution in [-0.2, 0) is 0 Å². The van der Waals surface area contributed by atoms with Gasteiger partial charge in [-0.1, -0.05) is 13.0 Å². The van der Waals surface area contributed by atoms with Gasteiger partial charge in [0.15, 0.2) is 0 Å². The van der Waals surface area contributed by atoms with Crippen LogP contribution in [0.2, 0.25) is 0 Å². The van der Waals surface area contributed by atoms with Crippen LogP contribution in [0.4, 0.5) is 5.69 Å². The minimum atomic E-state index is 0.549. The third-order valence-electron chi connectivity index (χ3n) is 2.53. The Morgan fingerprint density at radius 1 is 1.37 bits per heavy atom. The van der Waals surface area contributed by atoms with E-state index in [1.54, 1.807) is 0 Å². The summed E-state index contributed by atoms with van der Waals surface area (Å²) >= 11 is 1.97. The molecule has 0 amide bonds. The molecule has 0 saturated heterocycles. The van der Waals surface area contributed by atoms with Crippen LogP contribution in [0.25, 0.3) is 0 Å². The predicted octanol–water partition coefficient (Wildman–Crippen LogP) is 3.92. The lowest BCUT2D eigenvalue weighted by molar-refractivity contribution is 0.313. The maximum absolute atomic E-state index is 8.45. The Morgan fingerprint density at radius 2 is 2.26 bits per heavy atom. The van der Waals surface area contributed by atoms with Gasteiger partial charge >= 0.3 is 0 Å². The van der Waals surface area contributed by atoms with E-state index in [-0.39, 0.29) is 0 Å². The lowest BCUT2D eigenvalue weighted by Gasteiger charge is -2.09. The van der Waals surface area contributed by atoms with Gasteiger partial charge in [-0.15, -0.1) is 0 Å². The molecule has 0 unspecified atom stereocenters. The normalized spacial score (nSPS) is 9.89. The number of nitriles is 1. The summed E-state index contributed by atoms with van der Waals surface area (Å²) in [5, 5.41) is 11.8. The Bertz CT molecular complexity index is 390. The fourth-order valence-corrected chi connectivity index (χ4v) is 2.23. The standard InChI is InChI=1S/C15H22N2OS/c1-2-19-12-6-10-17-14-7-5-8-15(13-14)18-11-4-3-9-16/h5,7-8,13,17H,2-4,6,10-12H2,1H3. The molecule has 0 aliphatic rings. The first kappa shape index (κ1) is 15.7. The zero-order chi connectivity index (χ0) is 13.8. The molecule has 104 valence electrons. The Balaban J connectivity index is 2.25. The van der Waals surface area contributed by atoms with E-state index in [0.717, 1.165) is 24.4 Å². The zero-order valence-electron chi connectivity index (χ0n) is 11.5. The number of unbranched alkanes of at least 4 members (excludes halogenated alkanes) is 1. The first-order valence-corrected chi connectivity index (χ1v) is 7.93. The largest absolute Gasteiger partial charge is 0.493 e. The molecule has 0 atom stereocenters. The van der Waals surface area contributed by atoms with Crippen molar-refractivity contribution in [1.82, 2.24) is 0 Å². The van der Waals surface area contributed by atoms with Crippen LogP contribution in [0.15, 0.2) is 24.3 Å². The number of ether oxygens (including phenoxy) is 1. The summed E-state index contributed by atoms with van der Waals surface area (Å²) in [7, 11) is 0. The molecule has 1 aromatic carbocycles. The van der Waals surface area contributed by atoms with Crippen molar-refractivity contribution < 1.29 is 4.74 Å². The number of hydrogen-bond acceptors (Lipinski definition) is 4. The highest BCUT2D eigenvalue weighted by molar-refractivity contribution is 7.99. The molecule has 0 bridgehead atoms. The first-order chi connectivity index (χ1) is 9.36. The highest BCUT2D eigenvalue weighted by Crippen LogP contribution is 2.17. The minimum absolute atomic E-state index is 0.549. The number of rotatable bonds is 10. The highest BCUT2D eigenvalue weighted by atomic mass is 32.2. The van der Waals surface area contributed by atoms with E-state index in [0.29, 0.717) is 13.0 Å². The third-order valence-corrected chi connectivity index (χ3v) is 3.52. The molecule has 0 fully saturated rings. The van der Waals surface area contributed by atoms with Gasteiger partial charge in [0.05, 0.1) is 12.7 Å². The molecule has 0 aliphatic carbocycles. The summed E-state index contributed by atoms with van der Waals surface area (Å²) in [5.41, 5.74) is 1.10. The predicted molar refractivity (Wildman–Crippen MR) is 82.9 cm³/mol. The number of nitrogens with zero attached hydrogens (tertiary/aromatic N) is 1. The van der Waals surface area contributed by atoms with E-state index in [1.807, 2.05) is 30.0 Å². The Labute approximate surface area is 120 Å². The quantitative estimate of drug-likeness (QED) is 0.659. The summed E-state index contributed by atoms with van der Waals surface area (Å²) in [6, 6.07) is 10.1. The van der Waals surface area contributed by atoms with Gasteiger partial charge < -0.3 is 10.1 Å². The average Bonchev–Trinajstić information content (AvgIpc) is 2.44. The second-order valence-electron chi connectivity index (χ2n) is 4.12. The number of nitrogens with one attached hydrogen (secondary N) is 1. The SMILES string of the molecule is CCSCCCNc1cccc(OCCCC#N)c1. The van der Waals surface area contributed by atoms with Crippen LogP contribution < -0.4 is 10.1 Å². The van der Waals surface area contributed by atoms with Gasteiger partial charge in [-0.3, -0.25) is 0 Å². The maximum Gasteiger partial charge on any atom is 0.121 e. The van der Waals surface area contributed by atoms with E-state index in [4.69, 9.17) is 10.00 Å². The van der Waals surface area contributed by atoms with Gasteiger partial charge in [-0.25, -0.2) is 0 Å². The second-order valence-corrected chi connectivity index (χ2v) is 5.51. The average molecular weight is 278 g/mol. The Hall–Kier alpha value is -1.34. The molecule has 0 heterocycles. The fraction of sp³-hybridized carbons (Fsp3) is 0.533. The van der Waals surface area contributed by atoms with E-state index < -0.39 is 0 Å². The lowest BCUT2D eigenvalue weighted by atomic mass is 10.3. The summed E-state index contributed by atoms with van der Waals surface area (Å²) in [4.78, 5) is 0. The molecule has 19 heavy (non-hydrogen) atoms. The number of benzene rings is 1. The van der Waals surface area contributed by atoms with Gasteiger partial charge in [0.25, 0.3) is 0 Å². The van der Waals surface area contributed by atoms with Crippen LogP contribution in [0, 0.1) is 11.3 Å². The van der Waals surface area contributed by atoms with Gasteiger partial charge in [-0.2, -0.15) is 17.0 Å². The van der Waals surface area contributed by atoms with Gasteiger partial charge in [0.1, 0.15) is 5.75 Å². The van der Waals surface area contributed by atoms with E-state index in [9.17, 15) is 0 Å². The van der Waals surface area contributed by atoms with Crippen molar-refractivity contribution in [2.75, 3.05) is 30.0 Å². The van der Waals surface area contributed by atoms with Crippen molar-refractivity contribution in [1.29, 1.82) is 5.26 Å². The van der Waals surface area contributed by atoms with Gasteiger partial charge in [0, 0.05) is 24.7 Å². The van der Waals surface area contributed by atoms with Crippen molar-refractivity contribution in [3.05, 3.63) is 24.3 Å².